The third-order valence-electron chi connectivity index (χ3n) is 2.89. The first-order valence-electron chi connectivity index (χ1n) is 6.00. The average molecular weight is 242 g/mol. The van der Waals surface area contributed by atoms with Crippen LogP contribution in [0.3, 0.4) is 0 Å². The number of nitrogens with zero attached hydrogens (tertiary/aromatic N) is 1. The lowest BCUT2D eigenvalue weighted by molar-refractivity contribution is 0.316. The molecule has 4 heteroatoms. The molecule has 0 aliphatic rings. The van der Waals surface area contributed by atoms with Gasteiger partial charge in [-0.1, -0.05) is 13.8 Å². The van der Waals surface area contributed by atoms with E-state index in [9.17, 15) is 8.78 Å². The maximum atomic E-state index is 13.5. The van der Waals surface area contributed by atoms with Crippen LogP contribution >= 0.6 is 0 Å². The summed E-state index contributed by atoms with van der Waals surface area (Å²) in [7, 11) is 0. The van der Waals surface area contributed by atoms with E-state index >= 15 is 0 Å². The Hall–Kier alpha value is -1.16. The van der Waals surface area contributed by atoms with Crippen molar-refractivity contribution in [2.45, 2.75) is 20.8 Å². The third-order valence-corrected chi connectivity index (χ3v) is 2.89. The van der Waals surface area contributed by atoms with E-state index in [0.717, 1.165) is 19.6 Å². The van der Waals surface area contributed by atoms with Crippen molar-refractivity contribution in [1.82, 2.24) is 4.90 Å². The third kappa shape index (κ3) is 3.97. The number of benzene rings is 1. The fourth-order valence-corrected chi connectivity index (χ4v) is 1.67. The smallest absolute Gasteiger partial charge is 0.146 e. The topological polar surface area (TPSA) is 15.3 Å². The number of aryl methyl sites for hydroxylation is 1. The summed E-state index contributed by atoms with van der Waals surface area (Å²) in [5, 5.41) is 2.92. The van der Waals surface area contributed by atoms with Crippen molar-refractivity contribution in [2.75, 3.05) is 31.5 Å². The van der Waals surface area contributed by atoms with Crippen LogP contribution < -0.4 is 5.32 Å². The van der Waals surface area contributed by atoms with E-state index in [-0.39, 0.29) is 11.5 Å². The summed E-state index contributed by atoms with van der Waals surface area (Å²) in [5.41, 5.74) is 0.567. The highest BCUT2D eigenvalue weighted by Crippen LogP contribution is 2.18. The summed E-state index contributed by atoms with van der Waals surface area (Å²) in [4.78, 5) is 2.22. The number of rotatable bonds is 6. The first-order chi connectivity index (χ1) is 8.08. The van der Waals surface area contributed by atoms with E-state index < -0.39 is 5.82 Å². The Morgan fingerprint density at radius 2 is 1.76 bits per heavy atom. The summed E-state index contributed by atoms with van der Waals surface area (Å²) in [5.74, 6) is -0.778. The van der Waals surface area contributed by atoms with Gasteiger partial charge in [-0.25, -0.2) is 8.78 Å². The van der Waals surface area contributed by atoms with E-state index in [1.807, 2.05) is 0 Å². The summed E-state index contributed by atoms with van der Waals surface area (Å²) in [6, 6.07) is 2.43. The second kappa shape index (κ2) is 6.55. The number of halogens is 2. The van der Waals surface area contributed by atoms with Gasteiger partial charge in [-0.2, -0.15) is 0 Å². The maximum Gasteiger partial charge on any atom is 0.146 e. The molecule has 0 spiro atoms. The number of anilines is 1. The van der Waals surface area contributed by atoms with E-state index in [2.05, 4.69) is 24.1 Å². The van der Waals surface area contributed by atoms with Gasteiger partial charge < -0.3 is 10.2 Å². The minimum atomic E-state index is -0.400. The quantitative estimate of drug-likeness (QED) is 0.825. The molecule has 2 nitrogen and oxygen atoms in total. The Morgan fingerprint density at radius 3 is 2.35 bits per heavy atom. The Kier molecular flexibility index (Phi) is 5.35. The number of likely N-dealkylation sites (N-methyl/N-ethyl adjacent to an activating group) is 1. The molecule has 1 N–H and O–H groups in total. The fourth-order valence-electron chi connectivity index (χ4n) is 1.67. The second-order valence-corrected chi connectivity index (χ2v) is 4.03. The first kappa shape index (κ1) is 13.9. The van der Waals surface area contributed by atoms with Gasteiger partial charge in [0, 0.05) is 19.2 Å². The van der Waals surface area contributed by atoms with Crippen molar-refractivity contribution in [3.05, 3.63) is 29.3 Å². The monoisotopic (exact) mass is 242 g/mol. The molecule has 0 aliphatic carbocycles. The lowest BCUT2D eigenvalue weighted by Gasteiger charge is -2.18. The molecule has 1 aromatic rings. The predicted octanol–water partition coefficient (Wildman–Crippen LogP) is 3.03. The van der Waals surface area contributed by atoms with Crippen LogP contribution in [0.4, 0.5) is 14.5 Å². The molecule has 0 fully saturated rings. The van der Waals surface area contributed by atoms with E-state index in [1.165, 1.54) is 12.1 Å². The van der Waals surface area contributed by atoms with Gasteiger partial charge in [0.05, 0.1) is 5.69 Å². The molecule has 0 amide bonds. The second-order valence-electron chi connectivity index (χ2n) is 4.03. The van der Waals surface area contributed by atoms with Gasteiger partial charge in [0.1, 0.15) is 11.6 Å². The molecular weight excluding hydrogens is 222 g/mol. The van der Waals surface area contributed by atoms with Crippen molar-refractivity contribution >= 4 is 5.69 Å². The lowest BCUT2D eigenvalue weighted by atomic mass is 10.2. The van der Waals surface area contributed by atoms with Crippen molar-refractivity contribution < 1.29 is 8.78 Å². The first-order valence-corrected chi connectivity index (χ1v) is 6.00. The molecular formula is C13H20F2N2. The van der Waals surface area contributed by atoms with Crippen LogP contribution in [0, 0.1) is 18.6 Å². The van der Waals surface area contributed by atoms with Crippen LogP contribution in [0.1, 0.15) is 19.4 Å². The lowest BCUT2D eigenvalue weighted by Crippen LogP contribution is -2.28. The number of hydrogen-bond acceptors (Lipinski definition) is 2. The molecule has 0 bridgehead atoms. The van der Waals surface area contributed by atoms with Crippen LogP contribution in [-0.4, -0.2) is 31.1 Å². The molecule has 0 heterocycles. The molecule has 0 radical (unpaired) electrons. The normalized spacial score (nSPS) is 10.9. The van der Waals surface area contributed by atoms with Crippen LogP contribution in [0.5, 0.6) is 0 Å². The van der Waals surface area contributed by atoms with Gasteiger partial charge in [0.2, 0.25) is 0 Å². The largest absolute Gasteiger partial charge is 0.381 e. The average Bonchev–Trinajstić information content (AvgIpc) is 2.31. The molecule has 0 saturated carbocycles. The summed E-state index contributed by atoms with van der Waals surface area (Å²) >= 11 is 0. The zero-order valence-corrected chi connectivity index (χ0v) is 10.7. The minimum absolute atomic E-state index is 0.236. The van der Waals surface area contributed by atoms with Gasteiger partial charge in [0.15, 0.2) is 0 Å². The van der Waals surface area contributed by atoms with Gasteiger partial charge in [0.25, 0.3) is 0 Å². The Labute approximate surface area is 102 Å². The Bertz CT molecular complexity index is 363. The maximum absolute atomic E-state index is 13.5. The van der Waals surface area contributed by atoms with Gasteiger partial charge in [-0.3, -0.25) is 0 Å². The van der Waals surface area contributed by atoms with Gasteiger partial charge in [-0.15, -0.1) is 0 Å². The van der Waals surface area contributed by atoms with E-state index in [1.54, 1.807) is 6.92 Å². The van der Waals surface area contributed by atoms with Gasteiger partial charge >= 0.3 is 0 Å². The number of hydrogen-bond donors (Lipinski definition) is 1. The molecule has 1 aromatic carbocycles. The zero-order chi connectivity index (χ0) is 12.8. The SMILES string of the molecule is CCN(CC)CCNc1cc(F)c(C)cc1F. The fraction of sp³-hybridized carbons (Fsp3) is 0.538. The molecule has 0 saturated heterocycles. The Morgan fingerprint density at radius 1 is 1.12 bits per heavy atom. The highest BCUT2D eigenvalue weighted by molar-refractivity contribution is 5.46. The highest BCUT2D eigenvalue weighted by atomic mass is 19.1. The molecule has 96 valence electrons. The molecule has 0 aromatic heterocycles. The standard InChI is InChI=1S/C13H20F2N2/c1-4-17(5-2)7-6-16-13-9-11(14)10(3)8-12(13)15/h8-9,16H,4-7H2,1-3H3. The zero-order valence-electron chi connectivity index (χ0n) is 10.7. The minimum Gasteiger partial charge on any atom is -0.381 e. The van der Waals surface area contributed by atoms with Crippen LogP contribution in [0.2, 0.25) is 0 Å². The van der Waals surface area contributed by atoms with Crippen LogP contribution in [-0.2, 0) is 0 Å². The highest BCUT2D eigenvalue weighted by Gasteiger charge is 2.07. The summed E-state index contributed by atoms with van der Waals surface area (Å²) < 4.78 is 26.7. The Balaban J connectivity index is 2.55. The predicted molar refractivity (Wildman–Crippen MR) is 67.4 cm³/mol. The molecule has 0 aliphatic heterocycles. The van der Waals surface area contributed by atoms with Crippen molar-refractivity contribution in [1.29, 1.82) is 0 Å². The summed E-state index contributed by atoms with van der Waals surface area (Å²) in [6.07, 6.45) is 0. The van der Waals surface area contributed by atoms with Gasteiger partial charge in [-0.05, 0) is 31.6 Å². The summed E-state index contributed by atoms with van der Waals surface area (Å²) in [6.45, 7) is 9.07. The van der Waals surface area contributed by atoms with Crippen molar-refractivity contribution in [3.63, 3.8) is 0 Å². The molecule has 1 rings (SSSR count). The van der Waals surface area contributed by atoms with Crippen LogP contribution in [0.25, 0.3) is 0 Å². The molecule has 0 unspecified atom stereocenters. The van der Waals surface area contributed by atoms with E-state index in [0.29, 0.717) is 12.1 Å². The molecule has 0 atom stereocenters. The van der Waals surface area contributed by atoms with Crippen LogP contribution in [0.15, 0.2) is 12.1 Å². The molecule has 17 heavy (non-hydrogen) atoms. The van der Waals surface area contributed by atoms with Crippen molar-refractivity contribution in [3.8, 4) is 0 Å². The number of nitrogens with one attached hydrogen (secondary N) is 1. The van der Waals surface area contributed by atoms with E-state index in [4.69, 9.17) is 0 Å². The van der Waals surface area contributed by atoms with Crippen molar-refractivity contribution in [2.24, 2.45) is 0 Å².